The first kappa shape index (κ1) is 15.5. The van der Waals surface area contributed by atoms with E-state index in [9.17, 15) is 4.79 Å². The van der Waals surface area contributed by atoms with Gasteiger partial charge < -0.3 is 15.6 Å². The third kappa shape index (κ3) is 4.84. The van der Waals surface area contributed by atoms with Crippen molar-refractivity contribution in [2.45, 2.75) is 19.3 Å². The Labute approximate surface area is 127 Å². The van der Waals surface area contributed by atoms with Crippen molar-refractivity contribution in [3.63, 3.8) is 0 Å². The van der Waals surface area contributed by atoms with Crippen LogP contribution in [0.4, 0.5) is 0 Å². The van der Waals surface area contributed by atoms with Crippen molar-refractivity contribution in [2.24, 2.45) is 5.73 Å². The fourth-order valence-electron chi connectivity index (χ4n) is 1.71. The molecular formula is C14H17ClN4O2. The molecule has 0 aliphatic heterocycles. The van der Waals surface area contributed by atoms with E-state index in [1.54, 1.807) is 12.1 Å². The highest BCUT2D eigenvalue weighted by Crippen LogP contribution is 2.18. The van der Waals surface area contributed by atoms with Crippen LogP contribution in [0.2, 0.25) is 5.02 Å². The topological polar surface area (TPSA) is 94.0 Å². The van der Waals surface area contributed by atoms with E-state index >= 15 is 0 Å². The highest BCUT2D eigenvalue weighted by atomic mass is 35.5. The van der Waals surface area contributed by atoms with E-state index in [4.69, 9.17) is 21.9 Å². The molecule has 0 aliphatic rings. The predicted molar refractivity (Wildman–Crippen MR) is 79.7 cm³/mol. The van der Waals surface area contributed by atoms with E-state index in [0.717, 1.165) is 12.0 Å². The predicted octanol–water partition coefficient (Wildman–Crippen LogP) is 1.79. The highest BCUT2D eigenvalue weighted by Gasteiger charge is 2.10. The summed E-state index contributed by atoms with van der Waals surface area (Å²) in [5.74, 6) is 0.883. The summed E-state index contributed by atoms with van der Waals surface area (Å²) in [5.41, 5.74) is 6.18. The summed E-state index contributed by atoms with van der Waals surface area (Å²) < 4.78 is 5.13. The number of hydrogen-bond acceptors (Lipinski definition) is 5. The van der Waals surface area contributed by atoms with Crippen molar-refractivity contribution in [1.82, 2.24) is 15.5 Å². The Hall–Kier alpha value is -1.92. The summed E-state index contributed by atoms with van der Waals surface area (Å²) in [4.78, 5) is 15.8. The standard InChI is InChI=1S/C14H17ClN4O2/c15-11-4-2-10(3-5-11)14-18-13(21-19-14)7-6-12(20)17-9-1-8-16/h2-5H,1,6-9,16H2,(H,17,20). The quantitative estimate of drug-likeness (QED) is 0.760. The summed E-state index contributed by atoms with van der Waals surface area (Å²) in [6.45, 7) is 1.16. The second-order valence-corrected chi connectivity index (χ2v) is 4.95. The zero-order valence-corrected chi connectivity index (χ0v) is 12.3. The third-order valence-electron chi connectivity index (χ3n) is 2.84. The lowest BCUT2D eigenvalue weighted by molar-refractivity contribution is -0.121. The highest BCUT2D eigenvalue weighted by molar-refractivity contribution is 6.30. The summed E-state index contributed by atoms with van der Waals surface area (Å²) in [6, 6.07) is 7.16. The summed E-state index contributed by atoms with van der Waals surface area (Å²) in [7, 11) is 0. The molecule has 0 spiro atoms. The summed E-state index contributed by atoms with van der Waals surface area (Å²) in [6.07, 6.45) is 1.49. The smallest absolute Gasteiger partial charge is 0.227 e. The summed E-state index contributed by atoms with van der Waals surface area (Å²) in [5, 5.41) is 7.32. The number of halogens is 1. The van der Waals surface area contributed by atoms with E-state index in [1.165, 1.54) is 0 Å². The Bertz CT molecular complexity index is 583. The lowest BCUT2D eigenvalue weighted by Gasteiger charge is -2.01. The van der Waals surface area contributed by atoms with Gasteiger partial charge in [-0.3, -0.25) is 4.79 Å². The molecule has 1 aromatic heterocycles. The minimum Gasteiger partial charge on any atom is -0.356 e. The molecule has 0 aliphatic carbocycles. The van der Waals surface area contributed by atoms with Crippen molar-refractivity contribution >= 4 is 17.5 Å². The van der Waals surface area contributed by atoms with Crippen molar-refractivity contribution in [3.05, 3.63) is 35.2 Å². The van der Waals surface area contributed by atoms with Crippen molar-refractivity contribution < 1.29 is 9.32 Å². The van der Waals surface area contributed by atoms with Crippen LogP contribution >= 0.6 is 11.6 Å². The first-order valence-electron chi connectivity index (χ1n) is 6.74. The molecule has 0 unspecified atom stereocenters. The number of hydrogen-bond donors (Lipinski definition) is 2. The van der Waals surface area contributed by atoms with Crippen LogP contribution < -0.4 is 11.1 Å². The van der Waals surface area contributed by atoms with E-state index in [1.807, 2.05) is 12.1 Å². The molecule has 0 saturated carbocycles. The number of benzene rings is 1. The van der Waals surface area contributed by atoms with Gasteiger partial charge in [-0.2, -0.15) is 4.98 Å². The Morgan fingerprint density at radius 1 is 1.33 bits per heavy atom. The fourth-order valence-corrected chi connectivity index (χ4v) is 1.84. The van der Waals surface area contributed by atoms with Crippen molar-refractivity contribution in [1.29, 1.82) is 0 Å². The van der Waals surface area contributed by atoms with Crippen LogP contribution in [-0.4, -0.2) is 29.1 Å². The zero-order chi connectivity index (χ0) is 15.1. The van der Waals surface area contributed by atoms with Gasteiger partial charge in [0.25, 0.3) is 0 Å². The maximum atomic E-state index is 11.5. The van der Waals surface area contributed by atoms with Gasteiger partial charge >= 0.3 is 0 Å². The minimum absolute atomic E-state index is 0.0466. The van der Waals surface area contributed by atoms with E-state index in [-0.39, 0.29) is 5.91 Å². The van der Waals surface area contributed by atoms with Crippen molar-refractivity contribution in [2.75, 3.05) is 13.1 Å². The molecule has 1 aromatic carbocycles. The Morgan fingerprint density at radius 2 is 2.10 bits per heavy atom. The van der Waals surface area contributed by atoms with Crippen LogP contribution in [0.25, 0.3) is 11.4 Å². The molecule has 6 nitrogen and oxygen atoms in total. The van der Waals surface area contributed by atoms with Crippen LogP contribution in [0.1, 0.15) is 18.7 Å². The lowest BCUT2D eigenvalue weighted by Crippen LogP contribution is -2.26. The zero-order valence-electron chi connectivity index (χ0n) is 11.5. The Balaban J connectivity index is 1.86. The number of carbonyl (C=O) groups is 1. The van der Waals surface area contributed by atoms with Gasteiger partial charge in [-0.1, -0.05) is 16.8 Å². The largest absolute Gasteiger partial charge is 0.356 e. The van der Waals surface area contributed by atoms with Gasteiger partial charge in [0.05, 0.1) is 0 Å². The number of carbonyl (C=O) groups excluding carboxylic acids is 1. The molecule has 0 saturated heterocycles. The third-order valence-corrected chi connectivity index (χ3v) is 3.09. The van der Waals surface area contributed by atoms with Crippen LogP contribution in [0.15, 0.2) is 28.8 Å². The lowest BCUT2D eigenvalue weighted by atomic mass is 10.2. The molecule has 1 amide bonds. The average molecular weight is 309 g/mol. The van der Waals surface area contributed by atoms with Crippen LogP contribution in [0, 0.1) is 0 Å². The minimum atomic E-state index is -0.0466. The number of nitrogens with one attached hydrogen (secondary N) is 1. The molecule has 0 fully saturated rings. The maximum Gasteiger partial charge on any atom is 0.227 e. The molecule has 0 bridgehead atoms. The Kier molecular flexibility index (Phi) is 5.71. The number of rotatable bonds is 7. The molecule has 21 heavy (non-hydrogen) atoms. The Morgan fingerprint density at radius 3 is 2.81 bits per heavy atom. The van der Waals surface area contributed by atoms with Gasteiger partial charge in [0.1, 0.15) is 0 Å². The van der Waals surface area contributed by atoms with Gasteiger partial charge in [-0.25, -0.2) is 0 Å². The normalized spacial score (nSPS) is 10.6. The number of amides is 1. The first-order chi connectivity index (χ1) is 10.2. The van der Waals surface area contributed by atoms with Crippen LogP contribution in [0.3, 0.4) is 0 Å². The van der Waals surface area contributed by atoms with Crippen LogP contribution in [0.5, 0.6) is 0 Å². The molecule has 3 N–H and O–H groups in total. The van der Waals surface area contributed by atoms with E-state index in [2.05, 4.69) is 15.5 Å². The van der Waals surface area contributed by atoms with Gasteiger partial charge in [-0.05, 0) is 37.2 Å². The number of nitrogens with zero attached hydrogens (tertiary/aromatic N) is 2. The number of nitrogens with two attached hydrogens (primary N) is 1. The van der Waals surface area contributed by atoms with Gasteiger partial charge in [0, 0.05) is 30.0 Å². The number of aryl methyl sites for hydroxylation is 1. The molecular weight excluding hydrogens is 292 g/mol. The molecule has 112 valence electrons. The molecule has 0 atom stereocenters. The second-order valence-electron chi connectivity index (χ2n) is 4.51. The first-order valence-corrected chi connectivity index (χ1v) is 7.12. The molecule has 2 aromatic rings. The SMILES string of the molecule is NCCCNC(=O)CCc1nc(-c2ccc(Cl)cc2)no1. The summed E-state index contributed by atoms with van der Waals surface area (Å²) >= 11 is 5.82. The van der Waals surface area contributed by atoms with E-state index < -0.39 is 0 Å². The van der Waals surface area contributed by atoms with Gasteiger partial charge in [-0.15, -0.1) is 0 Å². The molecule has 1 heterocycles. The monoisotopic (exact) mass is 308 g/mol. The molecule has 7 heteroatoms. The fraction of sp³-hybridized carbons (Fsp3) is 0.357. The van der Waals surface area contributed by atoms with E-state index in [0.29, 0.717) is 42.7 Å². The van der Waals surface area contributed by atoms with Crippen molar-refractivity contribution in [3.8, 4) is 11.4 Å². The average Bonchev–Trinajstić information content (AvgIpc) is 2.95. The van der Waals surface area contributed by atoms with Gasteiger partial charge in [0.2, 0.25) is 17.6 Å². The molecule has 2 rings (SSSR count). The number of aromatic nitrogens is 2. The second kappa shape index (κ2) is 7.75. The molecule has 0 radical (unpaired) electrons. The van der Waals surface area contributed by atoms with Gasteiger partial charge in [0.15, 0.2) is 0 Å². The van der Waals surface area contributed by atoms with Crippen LogP contribution in [-0.2, 0) is 11.2 Å². The maximum absolute atomic E-state index is 11.5.